The average molecular weight is 355 g/mol. The first-order valence-corrected chi connectivity index (χ1v) is 8.32. The van der Waals surface area contributed by atoms with Crippen molar-refractivity contribution in [2.45, 2.75) is 25.1 Å². The fraction of sp³-hybridized carbons (Fsp3) is 0.375. The first-order chi connectivity index (χ1) is 11.3. The predicted molar refractivity (Wildman–Crippen MR) is 85.5 cm³/mol. The molecule has 0 saturated carbocycles. The number of hydrogen-bond donors (Lipinski definition) is 2. The summed E-state index contributed by atoms with van der Waals surface area (Å²) in [5, 5.41) is 8.31. The van der Waals surface area contributed by atoms with Crippen LogP contribution >= 0.6 is 11.3 Å². The summed E-state index contributed by atoms with van der Waals surface area (Å²) in [5.41, 5.74) is -1.03. The van der Waals surface area contributed by atoms with Gasteiger partial charge in [0.05, 0.1) is 11.3 Å². The molecule has 4 nitrogen and oxygen atoms in total. The SMILES string of the molecule is CC(=O)NC1(c2nc(-c3ccccc3C(F)(F)F)cs2)CCNC1. The molecule has 1 aromatic heterocycles. The van der Waals surface area contributed by atoms with Crippen LogP contribution < -0.4 is 10.6 Å². The molecule has 1 atom stereocenters. The zero-order chi connectivity index (χ0) is 17.4. The molecule has 1 aliphatic rings. The van der Waals surface area contributed by atoms with E-state index in [1.807, 2.05) is 0 Å². The molecule has 128 valence electrons. The Morgan fingerprint density at radius 3 is 2.75 bits per heavy atom. The van der Waals surface area contributed by atoms with Gasteiger partial charge in [-0.2, -0.15) is 13.2 Å². The lowest BCUT2D eigenvalue weighted by molar-refractivity contribution is -0.137. The molecule has 2 heterocycles. The van der Waals surface area contributed by atoms with E-state index in [1.54, 1.807) is 11.4 Å². The molecule has 1 aliphatic heterocycles. The van der Waals surface area contributed by atoms with Gasteiger partial charge in [0.1, 0.15) is 10.5 Å². The summed E-state index contributed by atoms with van der Waals surface area (Å²) in [7, 11) is 0. The number of carbonyl (C=O) groups is 1. The Labute approximate surface area is 141 Å². The van der Waals surface area contributed by atoms with Gasteiger partial charge in [-0.25, -0.2) is 4.98 Å². The number of thiazole rings is 1. The Morgan fingerprint density at radius 1 is 1.38 bits per heavy atom. The molecule has 2 aromatic rings. The van der Waals surface area contributed by atoms with E-state index < -0.39 is 17.3 Å². The molecule has 1 fully saturated rings. The van der Waals surface area contributed by atoms with Crippen molar-refractivity contribution in [2.75, 3.05) is 13.1 Å². The van der Waals surface area contributed by atoms with Crippen LogP contribution in [0, 0.1) is 0 Å². The maximum absolute atomic E-state index is 13.2. The molecule has 0 aliphatic carbocycles. The number of hydrogen-bond acceptors (Lipinski definition) is 4. The molecule has 2 N–H and O–H groups in total. The molecule has 1 unspecified atom stereocenters. The Morgan fingerprint density at radius 2 is 2.12 bits per heavy atom. The van der Waals surface area contributed by atoms with Crippen LogP contribution in [-0.4, -0.2) is 24.0 Å². The van der Waals surface area contributed by atoms with Gasteiger partial charge in [-0.3, -0.25) is 4.79 Å². The molecule has 8 heteroatoms. The first kappa shape index (κ1) is 16.9. The van der Waals surface area contributed by atoms with E-state index in [9.17, 15) is 18.0 Å². The fourth-order valence-corrected chi connectivity index (χ4v) is 3.95. The van der Waals surface area contributed by atoms with Crippen LogP contribution in [0.5, 0.6) is 0 Å². The summed E-state index contributed by atoms with van der Waals surface area (Å²) in [6.07, 6.45) is -3.79. The van der Waals surface area contributed by atoms with Crippen molar-refractivity contribution in [3.63, 3.8) is 0 Å². The van der Waals surface area contributed by atoms with E-state index in [2.05, 4.69) is 15.6 Å². The molecular weight excluding hydrogens is 339 g/mol. The number of aromatic nitrogens is 1. The maximum Gasteiger partial charge on any atom is 0.417 e. The third kappa shape index (κ3) is 3.16. The first-order valence-electron chi connectivity index (χ1n) is 7.44. The van der Waals surface area contributed by atoms with Crippen molar-refractivity contribution < 1.29 is 18.0 Å². The van der Waals surface area contributed by atoms with Crippen LogP contribution in [0.25, 0.3) is 11.3 Å². The van der Waals surface area contributed by atoms with Gasteiger partial charge in [-0.1, -0.05) is 18.2 Å². The standard InChI is InChI=1S/C16H16F3N3OS/c1-10(23)22-15(6-7-20-9-15)14-21-13(8-24-14)11-4-2-3-5-12(11)16(17,18)19/h2-5,8,20H,6-7,9H2,1H3,(H,22,23). The maximum atomic E-state index is 13.2. The highest BCUT2D eigenvalue weighted by Gasteiger charge is 2.40. The zero-order valence-corrected chi connectivity index (χ0v) is 13.7. The van der Waals surface area contributed by atoms with Crippen LogP contribution in [0.15, 0.2) is 29.6 Å². The zero-order valence-electron chi connectivity index (χ0n) is 12.9. The van der Waals surface area contributed by atoms with Crippen molar-refractivity contribution in [3.05, 3.63) is 40.2 Å². The molecule has 0 spiro atoms. The lowest BCUT2D eigenvalue weighted by Crippen LogP contribution is -2.46. The molecule has 24 heavy (non-hydrogen) atoms. The van der Waals surface area contributed by atoms with Crippen molar-refractivity contribution in [3.8, 4) is 11.3 Å². The van der Waals surface area contributed by atoms with Crippen LogP contribution in [0.3, 0.4) is 0 Å². The predicted octanol–water partition coefficient (Wildman–Crippen LogP) is 3.15. The highest BCUT2D eigenvalue weighted by atomic mass is 32.1. The molecule has 1 aromatic carbocycles. The summed E-state index contributed by atoms with van der Waals surface area (Å²) in [4.78, 5) is 16.0. The van der Waals surface area contributed by atoms with E-state index in [0.29, 0.717) is 24.5 Å². The summed E-state index contributed by atoms with van der Waals surface area (Å²) < 4.78 is 39.6. The highest BCUT2D eigenvalue weighted by Crippen LogP contribution is 2.39. The number of amides is 1. The van der Waals surface area contributed by atoms with E-state index >= 15 is 0 Å². The number of carbonyl (C=O) groups excluding carboxylic acids is 1. The van der Waals surface area contributed by atoms with Gasteiger partial charge in [0.15, 0.2) is 0 Å². The number of rotatable bonds is 3. The summed E-state index contributed by atoms with van der Waals surface area (Å²) in [6, 6.07) is 5.39. The van der Waals surface area contributed by atoms with Crippen molar-refractivity contribution in [1.29, 1.82) is 0 Å². The van der Waals surface area contributed by atoms with Crippen LogP contribution in [0.1, 0.15) is 23.9 Å². The normalized spacial score (nSPS) is 21.0. The van der Waals surface area contributed by atoms with E-state index in [1.165, 1.54) is 30.4 Å². The van der Waals surface area contributed by atoms with Crippen LogP contribution in [0.2, 0.25) is 0 Å². The van der Waals surface area contributed by atoms with Crippen LogP contribution in [-0.2, 0) is 16.5 Å². The van der Waals surface area contributed by atoms with Gasteiger partial charge in [-0.15, -0.1) is 11.3 Å². The molecular formula is C16H16F3N3OS. The summed E-state index contributed by atoms with van der Waals surface area (Å²) in [6.45, 7) is 2.66. The second-order valence-electron chi connectivity index (χ2n) is 5.77. The minimum atomic E-state index is -4.44. The Hall–Kier alpha value is -1.93. The third-order valence-electron chi connectivity index (χ3n) is 3.99. The molecule has 0 radical (unpaired) electrons. The molecule has 3 rings (SSSR count). The smallest absolute Gasteiger partial charge is 0.343 e. The van der Waals surface area contributed by atoms with Gasteiger partial charge < -0.3 is 10.6 Å². The van der Waals surface area contributed by atoms with E-state index in [-0.39, 0.29) is 17.2 Å². The van der Waals surface area contributed by atoms with Gasteiger partial charge in [0.25, 0.3) is 0 Å². The van der Waals surface area contributed by atoms with Crippen molar-refractivity contribution >= 4 is 17.2 Å². The Kier molecular flexibility index (Phi) is 4.35. The summed E-state index contributed by atoms with van der Waals surface area (Å²) >= 11 is 1.27. The third-order valence-corrected chi connectivity index (χ3v) is 5.04. The fourth-order valence-electron chi connectivity index (χ4n) is 2.94. The quantitative estimate of drug-likeness (QED) is 0.889. The Bertz CT molecular complexity index is 751. The highest BCUT2D eigenvalue weighted by molar-refractivity contribution is 7.10. The minimum absolute atomic E-state index is 0.0523. The lowest BCUT2D eigenvalue weighted by Gasteiger charge is -2.26. The lowest BCUT2D eigenvalue weighted by atomic mass is 9.99. The largest absolute Gasteiger partial charge is 0.417 e. The van der Waals surface area contributed by atoms with E-state index in [0.717, 1.165) is 6.07 Å². The molecule has 1 amide bonds. The second kappa shape index (κ2) is 6.18. The second-order valence-corrected chi connectivity index (χ2v) is 6.63. The molecule has 1 saturated heterocycles. The van der Waals surface area contributed by atoms with Crippen LogP contribution in [0.4, 0.5) is 13.2 Å². The minimum Gasteiger partial charge on any atom is -0.343 e. The number of alkyl halides is 3. The number of nitrogens with zero attached hydrogens (tertiary/aromatic N) is 1. The van der Waals surface area contributed by atoms with Gasteiger partial charge in [-0.05, 0) is 19.0 Å². The average Bonchev–Trinajstić information content (AvgIpc) is 3.15. The number of nitrogens with one attached hydrogen (secondary N) is 2. The topological polar surface area (TPSA) is 54.0 Å². The van der Waals surface area contributed by atoms with Gasteiger partial charge in [0.2, 0.25) is 5.91 Å². The van der Waals surface area contributed by atoms with Crippen molar-refractivity contribution in [1.82, 2.24) is 15.6 Å². The number of benzene rings is 1. The Balaban J connectivity index is 2.01. The summed E-state index contributed by atoms with van der Waals surface area (Å²) in [5.74, 6) is -0.189. The number of halogens is 3. The van der Waals surface area contributed by atoms with E-state index in [4.69, 9.17) is 0 Å². The monoisotopic (exact) mass is 355 g/mol. The van der Waals surface area contributed by atoms with Gasteiger partial charge >= 0.3 is 6.18 Å². The van der Waals surface area contributed by atoms with Crippen molar-refractivity contribution in [2.24, 2.45) is 0 Å². The van der Waals surface area contributed by atoms with Gasteiger partial charge in [0, 0.05) is 24.4 Å². The molecule has 0 bridgehead atoms.